The zero-order chi connectivity index (χ0) is 16.2. The number of halogens is 1. The van der Waals surface area contributed by atoms with Crippen LogP contribution < -0.4 is 0 Å². The summed E-state index contributed by atoms with van der Waals surface area (Å²) in [6, 6.07) is -0.0801. The third kappa shape index (κ3) is 2.18. The van der Waals surface area contributed by atoms with Crippen LogP contribution in [0.15, 0.2) is 0 Å². The average molecular weight is 420 g/mol. The molecule has 1 amide bonds. The molecule has 4 nitrogen and oxygen atoms in total. The molecule has 6 atom stereocenters. The number of carbonyl (C=O) groups is 1. The van der Waals surface area contributed by atoms with Crippen LogP contribution in [0.1, 0.15) is 47.0 Å². The highest BCUT2D eigenvalue weighted by Crippen LogP contribution is 2.54. The number of nitrogens with zero attached hydrogens (tertiary/aromatic N) is 2. The zero-order valence-corrected chi connectivity index (χ0v) is 16.5. The molecule has 0 aromatic rings. The summed E-state index contributed by atoms with van der Waals surface area (Å²) >= 11 is 2.40. The third-order valence-electron chi connectivity index (χ3n) is 6.28. The molecular formula is C17H29IN2O2. The highest BCUT2D eigenvalue weighted by Gasteiger charge is 2.66. The summed E-state index contributed by atoms with van der Waals surface area (Å²) in [5.74, 6) is 2.26. The van der Waals surface area contributed by atoms with Crippen molar-refractivity contribution in [1.29, 1.82) is 0 Å². The van der Waals surface area contributed by atoms with Gasteiger partial charge in [0, 0.05) is 23.3 Å². The molecule has 2 saturated heterocycles. The summed E-state index contributed by atoms with van der Waals surface area (Å²) in [4.78, 5) is 21.4. The van der Waals surface area contributed by atoms with Gasteiger partial charge in [0.15, 0.2) is 0 Å². The van der Waals surface area contributed by atoms with E-state index in [1.807, 2.05) is 11.9 Å². The first kappa shape index (κ1) is 17.0. The van der Waals surface area contributed by atoms with Gasteiger partial charge in [-0.05, 0) is 31.6 Å². The fourth-order valence-corrected chi connectivity index (χ4v) is 6.28. The number of likely N-dealkylation sites (N-methyl/N-ethyl adjacent to an activating group) is 1. The molecule has 3 aliphatic rings. The summed E-state index contributed by atoms with van der Waals surface area (Å²) in [7, 11) is 2.01. The van der Waals surface area contributed by atoms with Gasteiger partial charge in [0.25, 0.3) is 0 Å². The molecule has 1 aliphatic carbocycles. The lowest BCUT2D eigenvalue weighted by Crippen LogP contribution is -2.61. The van der Waals surface area contributed by atoms with Crippen molar-refractivity contribution in [2.75, 3.05) is 11.5 Å². The molecule has 0 aromatic carbocycles. The molecule has 3 unspecified atom stereocenters. The smallest absolute Gasteiger partial charge is 0.244 e. The van der Waals surface area contributed by atoms with Crippen molar-refractivity contribution >= 4 is 28.5 Å². The molecule has 5 heteroatoms. The number of amides is 1. The van der Waals surface area contributed by atoms with Gasteiger partial charge in [0.05, 0.1) is 6.10 Å². The van der Waals surface area contributed by atoms with Crippen LogP contribution in [0.3, 0.4) is 0 Å². The van der Waals surface area contributed by atoms with Gasteiger partial charge >= 0.3 is 0 Å². The summed E-state index contributed by atoms with van der Waals surface area (Å²) in [5, 5.41) is 2.14. The van der Waals surface area contributed by atoms with E-state index in [-0.39, 0.29) is 23.7 Å². The molecule has 0 N–H and O–H groups in total. The Morgan fingerprint density at radius 2 is 2.05 bits per heavy atom. The fourth-order valence-electron chi connectivity index (χ4n) is 5.08. The molecular weight excluding hydrogens is 391 g/mol. The van der Waals surface area contributed by atoms with E-state index in [2.05, 4.69) is 55.3 Å². The van der Waals surface area contributed by atoms with Crippen molar-refractivity contribution in [3.05, 3.63) is 0 Å². The highest BCUT2D eigenvalue weighted by atomic mass is 127. The molecule has 3 fully saturated rings. The zero-order valence-electron chi connectivity index (χ0n) is 14.4. The number of hydrogen-bond acceptors (Lipinski definition) is 3. The summed E-state index contributed by atoms with van der Waals surface area (Å²) < 4.78 is 0.970. The number of hydroxylamine groups is 2. The van der Waals surface area contributed by atoms with Crippen LogP contribution >= 0.6 is 22.6 Å². The Labute approximate surface area is 148 Å². The normalized spacial score (nSPS) is 46.0. The van der Waals surface area contributed by atoms with E-state index < -0.39 is 0 Å². The van der Waals surface area contributed by atoms with E-state index in [1.165, 1.54) is 12.8 Å². The lowest BCUT2D eigenvalue weighted by Gasteiger charge is -2.52. The molecule has 1 saturated carbocycles. The Hall–Kier alpha value is 0.120. The maximum absolute atomic E-state index is 13.1. The topological polar surface area (TPSA) is 32.8 Å². The Balaban J connectivity index is 2.05. The molecule has 0 bridgehead atoms. The predicted octanol–water partition coefficient (Wildman–Crippen LogP) is 3.30. The standard InChI is InChI=1S/C17H29IN2O2/c1-10(2)14-7-6-11(3)8-17(14)19(5)16(21)15-13(9-18)12(4)22-20(15)17/h10-15H,6-9H2,1-5H3/t11?,12-,13+,14?,15+,17?/m1/s1. The van der Waals surface area contributed by atoms with Gasteiger partial charge in [-0.2, -0.15) is 5.06 Å². The van der Waals surface area contributed by atoms with E-state index in [1.54, 1.807) is 0 Å². The fraction of sp³-hybridized carbons (Fsp3) is 0.941. The molecule has 0 radical (unpaired) electrons. The van der Waals surface area contributed by atoms with Gasteiger partial charge in [0.1, 0.15) is 11.7 Å². The molecule has 0 aromatic heterocycles. The van der Waals surface area contributed by atoms with Gasteiger partial charge in [0.2, 0.25) is 5.91 Å². The van der Waals surface area contributed by atoms with Crippen molar-refractivity contribution in [3.8, 4) is 0 Å². The monoisotopic (exact) mass is 420 g/mol. The average Bonchev–Trinajstić information content (AvgIpc) is 2.89. The first-order chi connectivity index (χ1) is 10.3. The second-order valence-corrected chi connectivity index (χ2v) is 8.79. The Kier molecular flexibility index (Phi) is 4.54. The minimum atomic E-state index is -0.234. The van der Waals surface area contributed by atoms with Crippen molar-refractivity contribution < 1.29 is 9.63 Å². The first-order valence-corrected chi connectivity index (χ1v) is 10.2. The number of rotatable bonds is 2. The van der Waals surface area contributed by atoms with Crippen LogP contribution in [0.5, 0.6) is 0 Å². The van der Waals surface area contributed by atoms with Gasteiger partial charge in [-0.15, -0.1) is 0 Å². The van der Waals surface area contributed by atoms with Crippen LogP contribution in [0, 0.1) is 23.7 Å². The molecule has 3 rings (SSSR count). The quantitative estimate of drug-likeness (QED) is 0.508. The summed E-state index contributed by atoms with van der Waals surface area (Å²) in [6.45, 7) is 9.03. The van der Waals surface area contributed by atoms with E-state index in [9.17, 15) is 4.79 Å². The number of fused-ring (bicyclic) bond motifs is 2. The van der Waals surface area contributed by atoms with Crippen molar-refractivity contribution in [1.82, 2.24) is 9.96 Å². The molecule has 2 heterocycles. The summed E-state index contributed by atoms with van der Waals surface area (Å²) in [6.07, 6.45) is 3.62. The maximum Gasteiger partial charge on any atom is 0.244 e. The number of carbonyl (C=O) groups excluding carboxylic acids is 1. The largest absolute Gasteiger partial charge is 0.323 e. The number of alkyl halides is 1. The number of hydrogen-bond donors (Lipinski definition) is 0. The lowest BCUT2D eigenvalue weighted by atomic mass is 9.69. The predicted molar refractivity (Wildman–Crippen MR) is 95.4 cm³/mol. The first-order valence-electron chi connectivity index (χ1n) is 8.64. The molecule has 22 heavy (non-hydrogen) atoms. The van der Waals surface area contributed by atoms with Crippen LogP contribution in [-0.4, -0.2) is 45.2 Å². The SMILES string of the molecule is CC1CCC(C(C)C)C2(C1)N(C)C(=O)[C@@H]1[C@@H](CI)[C@@H](C)ON12. The lowest BCUT2D eigenvalue weighted by molar-refractivity contribution is -0.261. The Morgan fingerprint density at radius 1 is 1.36 bits per heavy atom. The van der Waals surface area contributed by atoms with Gasteiger partial charge in [-0.1, -0.05) is 49.8 Å². The molecule has 126 valence electrons. The van der Waals surface area contributed by atoms with Crippen molar-refractivity contribution in [2.45, 2.75) is 64.8 Å². The van der Waals surface area contributed by atoms with Crippen LogP contribution in [0.4, 0.5) is 0 Å². The minimum Gasteiger partial charge on any atom is -0.323 e. The van der Waals surface area contributed by atoms with Gasteiger partial charge in [-0.25, -0.2) is 0 Å². The highest BCUT2D eigenvalue weighted by molar-refractivity contribution is 14.1. The van der Waals surface area contributed by atoms with E-state index in [0.29, 0.717) is 23.7 Å². The van der Waals surface area contributed by atoms with Gasteiger partial charge in [-0.3, -0.25) is 9.63 Å². The third-order valence-corrected chi connectivity index (χ3v) is 7.30. The maximum atomic E-state index is 13.1. The van der Waals surface area contributed by atoms with Crippen molar-refractivity contribution in [3.63, 3.8) is 0 Å². The Morgan fingerprint density at radius 3 is 2.64 bits per heavy atom. The van der Waals surface area contributed by atoms with E-state index >= 15 is 0 Å². The minimum absolute atomic E-state index is 0.0801. The molecule has 2 aliphatic heterocycles. The van der Waals surface area contributed by atoms with Crippen LogP contribution in [-0.2, 0) is 9.63 Å². The second kappa shape index (κ2) is 5.88. The second-order valence-electron chi connectivity index (χ2n) is 7.91. The van der Waals surface area contributed by atoms with E-state index in [4.69, 9.17) is 4.84 Å². The van der Waals surface area contributed by atoms with Crippen molar-refractivity contribution in [2.24, 2.45) is 23.7 Å². The Bertz CT molecular complexity index is 458. The van der Waals surface area contributed by atoms with E-state index in [0.717, 1.165) is 10.8 Å². The van der Waals surface area contributed by atoms with Gasteiger partial charge < -0.3 is 4.90 Å². The molecule has 1 spiro atoms. The van der Waals surface area contributed by atoms with Crippen LogP contribution in [0.2, 0.25) is 0 Å². The summed E-state index contributed by atoms with van der Waals surface area (Å²) in [5.41, 5.74) is -0.234. The van der Waals surface area contributed by atoms with Crippen LogP contribution in [0.25, 0.3) is 0 Å².